The van der Waals surface area contributed by atoms with Gasteiger partial charge in [0.1, 0.15) is 11.5 Å². The monoisotopic (exact) mass is 353 g/mol. The standard InChI is InChI=1S/C19H12ClNO4/c20-17-12-14(21(23)24)6-9-16(17)19-11-8-15(25-19)7-10-18(22)13-4-2-1-3-5-13/h1-12H. The quantitative estimate of drug-likeness (QED) is 0.266. The number of furan rings is 1. The molecule has 0 aliphatic heterocycles. The summed E-state index contributed by atoms with van der Waals surface area (Å²) in [4.78, 5) is 22.3. The Kier molecular flexibility index (Phi) is 4.77. The number of ketones is 1. The van der Waals surface area contributed by atoms with Crippen LogP contribution in [-0.4, -0.2) is 10.7 Å². The molecule has 0 amide bonds. The van der Waals surface area contributed by atoms with Gasteiger partial charge in [-0.1, -0.05) is 41.9 Å². The van der Waals surface area contributed by atoms with Crippen LogP contribution in [0, 0.1) is 10.1 Å². The first kappa shape index (κ1) is 16.7. The van der Waals surface area contributed by atoms with Crippen molar-refractivity contribution in [2.24, 2.45) is 0 Å². The maximum absolute atomic E-state index is 12.0. The first-order valence-corrected chi connectivity index (χ1v) is 7.74. The average molecular weight is 354 g/mol. The van der Waals surface area contributed by atoms with Crippen molar-refractivity contribution >= 4 is 29.1 Å². The number of benzene rings is 2. The van der Waals surface area contributed by atoms with Gasteiger partial charge < -0.3 is 4.42 Å². The molecule has 0 spiro atoms. The lowest BCUT2D eigenvalue weighted by atomic mass is 10.1. The third-order valence-electron chi connectivity index (χ3n) is 3.51. The molecule has 124 valence electrons. The van der Waals surface area contributed by atoms with Gasteiger partial charge in [0, 0.05) is 23.3 Å². The van der Waals surface area contributed by atoms with Gasteiger partial charge in [-0.25, -0.2) is 0 Å². The predicted molar refractivity (Wildman–Crippen MR) is 95.6 cm³/mol. The fourth-order valence-electron chi connectivity index (χ4n) is 2.26. The highest BCUT2D eigenvalue weighted by Crippen LogP contribution is 2.32. The van der Waals surface area contributed by atoms with Crippen LogP contribution in [0.5, 0.6) is 0 Å². The molecule has 2 aromatic carbocycles. The average Bonchev–Trinajstić information content (AvgIpc) is 3.09. The van der Waals surface area contributed by atoms with E-state index in [0.29, 0.717) is 22.6 Å². The summed E-state index contributed by atoms with van der Waals surface area (Å²) in [6.07, 6.45) is 2.99. The van der Waals surface area contributed by atoms with Gasteiger partial charge in [-0.15, -0.1) is 0 Å². The molecule has 0 saturated heterocycles. The highest BCUT2D eigenvalue weighted by molar-refractivity contribution is 6.33. The van der Waals surface area contributed by atoms with Gasteiger partial charge in [0.2, 0.25) is 0 Å². The summed E-state index contributed by atoms with van der Waals surface area (Å²) in [7, 11) is 0. The summed E-state index contributed by atoms with van der Waals surface area (Å²) in [6, 6.07) is 16.4. The molecule has 0 N–H and O–H groups in total. The first-order chi connectivity index (χ1) is 12.0. The van der Waals surface area contributed by atoms with Gasteiger partial charge in [-0.3, -0.25) is 14.9 Å². The lowest BCUT2D eigenvalue weighted by Gasteiger charge is -2.00. The zero-order valence-electron chi connectivity index (χ0n) is 12.9. The Morgan fingerprint density at radius 3 is 2.52 bits per heavy atom. The molecule has 0 bridgehead atoms. The van der Waals surface area contributed by atoms with Gasteiger partial charge in [-0.05, 0) is 30.4 Å². The third-order valence-corrected chi connectivity index (χ3v) is 3.83. The lowest BCUT2D eigenvalue weighted by molar-refractivity contribution is -0.384. The van der Waals surface area contributed by atoms with Gasteiger partial charge in [0.05, 0.1) is 9.95 Å². The minimum Gasteiger partial charge on any atom is -0.457 e. The number of allylic oxidation sites excluding steroid dienone is 1. The minimum atomic E-state index is -0.513. The molecule has 25 heavy (non-hydrogen) atoms. The number of carbonyl (C=O) groups is 1. The molecule has 0 radical (unpaired) electrons. The summed E-state index contributed by atoms with van der Waals surface area (Å²) in [5, 5.41) is 11.0. The van der Waals surface area contributed by atoms with E-state index in [1.165, 1.54) is 24.3 Å². The van der Waals surface area contributed by atoms with Gasteiger partial charge >= 0.3 is 0 Å². The Morgan fingerprint density at radius 1 is 1.08 bits per heavy atom. The summed E-state index contributed by atoms with van der Waals surface area (Å²) in [6.45, 7) is 0. The molecule has 3 rings (SSSR count). The van der Waals surface area contributed by atoms with Crippen molar-refractivity contribution in [2.75, 3.05) is 0 Å². The fourth-order valence-corrected chi connectivity index (χ4v) is 2.53. The molecule has 3 aromatic rings. The van der Waals surface area contributed by atoms with Crippen LogP contribution in [0.3, 0.4) is 0 Å². The smallest absolute Gasteiger partial charge is 0.270 e. The first-order valence-electron chi connectivity index (χ1n) is 7.36. The molecule has 0 atom stereocenters. The van der Waals surface area contributed by atoms with E-state index >= 15 is 0 Å². The molecule has 0 aliphatic carbocycles. The van der Waals surface area contributed by atoms with E-state index < -0.39 is 4.92 Å². The van der Waals surface area contributed by atoms with Gasteiger partial charge in [0.25, 0.3) is 5.69 Å². The second kappa shape index (κ2) is 7.15. The molecule has 0 unspecified atom stereocenters. The largest absolute Gasteiger partial charge is 0.457 e. The Bertz CT molecular complexity index is 961. The zero-order chi connectivity index (χ0) is 17.8. The second-order valence-electron chi connectivity index (χ2n) is 5.19. The van der Waals surface area contributed by atoms with Crippen LogP contribution in [-0.2, 0) is 0 Å². The van der Waals surface area contributed by atoms with Gasteiger partial charge in [0.15, 0.2) is 5.78 Å². The maximum Gasteiger partial charge on any atom is 0.270 e. The zero-order valence-corrected chi connectivity index (χ0v) is 13.6. The van der Waals surface area contributed by atoms with Crippen LogP contribution < -0.4 is 0 Å². The number of hydrogen-bond donors (Lipinski definition) is 0. The van der Waals surface area contributed by atoms with Crippen LogP contribution >= 0.6 is 11.6 Å². The van der Waals surface area contributed by atoms with E-state index in [9.17, 15) is 14.9 Å². The van der Waals surface area contributed by atoms with Crippen LogP contribution in [0.15, 0.2) is 71.2 Å². The SMILES string of the molecule is O=C(C=Cc1ccc(-c2ccc([N+](=O)[O-])cc2Cl)o1)c1ccccc1. The lowest BCUT2D eigenvalue weighted by Crippen LogP contribution is -1.92. The normalized spacial score (nSPS) is 10.9. The summed E-state index contributed by atoms with van der Waals surface area (Å²) in [5.74, 6) is 0.812. The van der Waals surface area contributed by atoms with Crippen molar-refractivity contribution in [3.05, 3.63) is 93.2 Å². The molecule has 5 nitrogen and oxygen atoms in total. The molecule has 0 fully saturated rings. The number of nitrogens with zero attached hydrogens (tertiary/aromatic N) is 1. The number of halogens is 1. The van der Waals surface area contributed by atoms with E-state index in [4.69, 9.17) is 16.0 Å². The van der Waals surface area contributed by atoms with Crippen molar-refractivity contribution in [2.45, 2.75) is 0 Å². The molecule has 1 aromatic heterocycles. The van der Waals surface area contributed by atoms with Crippen molar-refractivity contribution in [1.29, 1.82) is 0 Å². The Labute approximate surface area is 148 Å². The van der Waals surface area contributed by atoms with Crippen molar-refractivity contribution in [3.8, 4) is 11.3 Å². The highest BCUT2D eigenvalue weighted by atomic mass is 35.5. The Morgan fingerprint density at radius 2 is 1.84 bits per heavy atom. The summed E-state index contributed by atoms with van der Waals surface area (Å²) < 4.78 is 5.64. The van der Waals surface area contributed by atoms with Crippen molar-refractivity contribution in [3.63, 3.8) is 0 Å². The number of carbonyl (C=O) groups excluding carboxylic acids is 1. The number of nitro groups is 1. The molecular weight excluding hydrogens is 342 g/mol. The molecular formula is C19H12ClNO4. The van der Waals surface area contributed by atoms with E-state index in [-0.39, 0.29) is 16.5 Å². The van der Waals surface area contributed by atoms with Crippen LogP contribution in [0.25, 0.3) is 17.4 Å². The predicted octanol–water partition coefficient (Wildman–Crippen LogP) is 5.40. The maximum atomic E-state index is 12.0. The van der Waals surface area contributed by atoms with Crippen molar-refractivity contribution in [1.82, 2.24) is 0 Å². The topological polar surface area (TPSA) is 73.3 Å². The van der Waals surface area contributed by atoms with E-state index in [1.807, 2.05) is 6.07 Å². The fraction of sp³-hybridized carbons (Fsp3) is 0. The molecule has 1 heterocycles. The Hall–Kier alpha value is -3.18. The van der Waals surface area contributed by atoms with Crippen LogP contribution in [0.2, 0.25) is 5.02 Å². The second-order valence-corrected chi connectivity index (χ2v) is 5.59. The van der Waals surface area contributed by atoms with E-state index in [0.717, 1.165) is 0 Å². The number of non-ortho nitro benzene ring substituents is 1. The minimum absolute atomic E-state index is 0.0890. The molecule has 6 heteroatoms. The van der Waals surface area contributed by atoms with E-state index in [2.05, 4.69) is 0 Å². The van der Waals surface area contributed by atoms with E-state index in [1.54, 1.807) is 42.5 Å². The molecule has 0 saturated carbocycles. The summed E-state index contributed by atoms with van der Waals surface area (Å²) >= 11 is 6.09. The number of rotatable bonds is 5. The highest BCUT2D eigenvalue weighted by Gasteiger charge is 2.13. The van der Waals surface area contributed by atoms with Gasteiger partial charge in [-0.2, -0.15) is 0 Å². The summed E-state index contributed by atoms with van der Waals surface area (Å²) in [5.41, 5.74) is 1.04. The number of hydrogen-bond acceptors (Lipinski definition) is 4. The Balaban J connectivity index is 1.80. The number of nitro benzene ring substituents is 1. The third kappa shape index (κ3) is 3.84. The van der Waals surface area contributed by atoms with Crippen molar-refractivity contribution < 1.29 is 14.1 Å². The molecule has 0 aliphatic rings. The van der Waals surface area contributed by atoms with Crippen LogP contribution in [0.4, 0.5) is 5.69 Å². The van der Waals surface area contributed by atoms with Crippen LogP contribution in [0.1, 0.15) is 16.1 Å².